The summed E-state index contributed by atoms with van der Waals surface area (Å²) in [5.74, 6) is 0.744. The van der Waals surface area contributed by atoms with Crippen molar-refractivity contribution in [2.75, 3.05) is 45.8 Å². The zero-order valence-corrected chi connectivity index (χ0v) is 16.7. The Morgan fingerprint density at radius 1 is 0.889 bits per heavy atom. The Bertz CT molecular complexity index is 585. The van der Waals surface area contributed by atoms with Crippen LogP contribution in [0.4, 0.5) is 0 Å². The van der Waals surface area contributed by atoms with Crippen molar-refractivity contribution in [3.63, 3.8) is 0 Å². The molecule has 1 aromatic carbocycles. The van der Waals surface area contributed by atoms with Crippen molar-refractivity contribution in [3.05, 3.63) is 35.9 Å². The summed E-state index contributed by atoms with van der Waals surface area (Å²) in [6.45, 7) is 7.97. The van der Waals surface area contributed by atoms with Crippen LogP contribution in [-0.4, -0.2) is 72.5 Å². The molecule has 1 aromatic rings. The molecule has 3 heterocycles. The molecule has 0 aliphatic carbocycles. The Morgan fingerprint density at radius 3 is 2.22 bits per heavy atom. The molecule has 3 saturated heterocycles. The molecule has 1 amide bonds. The highest BCUT2D eigenvalue weighted by molar-refractivity contribution is 5.79. The molecule has 3 aliphatic rings. The molecule has 0 N–H and O–H groups in total. The Labute approximate surface area is 164 Å². The van der Waals surface area contributed by atoms with Gasteiger partial charge in [0, 0.05) is 25.0 Å². The van der Waals surface area contributed by atoms with Gasteiger partial charge in [0.2, 0.25) is 5.91 Å². The number of carbonyl (C=O) groups excluding carboxylic acids is 1. The normalized spacial score (nSPS) is 23.3. The Hall–Kier alpha value is -1.39. The fourth-order valence-corrected chi connectivity index (χ4v) is 4.97. The molecule has 148 valence electrons. The highest BCUT2D eigenvalue weighted by Gasteiger charge is 2.33. The van der Waals surface area contributed by atoms with E-state index in [-0.39, 0.29) is 0 Å². The van der Waals surface area contributed by atoms with Gasteiger partial charge in [0.25, 0.3) is 0 Å². The molecule has 0 unspecified atom stereocenters. The minimum Gasteiger partial charge on any atom is -0.342 e. The molecule has 0 spiro atoms. The molecule has 0 bridgehead atoms. The maximum atomic E-state index is 12.4. The molecule has 0 aromatic heterocycles. The van der Waals surface area contributed by atoms with E-state index in [1.807, 2.05) is 0 Å². The number of likely N-dealkylation sites (tertiary alicyclic amines) is 3. The van der Waals surface area contributed by atoms with Crippen LogP contribution < -0.4 is 0 Å². The van der Waals surface area contributed by atoms with Gasteiger partial charge in [-0.3, -0.25) is 4.79 Å². The number of benzene rings is 1. The minimum atomic E-state index is 0.305. The topological polar surface area (TPSA) is 26.8 Å². The molecule has 3 aliphatic heterocycles. The first kappa shape index (κ1) is 18.9. The largest absolute Gasteiger partial charge is 0.342 e. The van der Waals surface area contributed by atoms with Crippen molar-refractivity contribution in [1.29, 1.82) is 0 Å². The standard InChI is InChI=1S/C23H35N3O/c27-23(26-14-5-15-26)21-9-18-25(19-10-21)22-11-16-24(17-12-22)13-4-8-20-6-2-1-3-7-20/h1-3,6-7,21-22H,4-5,8-19H2. The lowest BCUT2D eigenvalue weighted by molar-refractivity contribution is -0.140. The Morgan fingerprint density at radius 2 is 1.59 bits per heavy atom. The first-order valence-corrected chi connectivity index (χ1v) is 11.1. The van der Waals surface area contributed by atoms with E-state index < -0.39 is 0 Å². The maximum Gasteiger partial charge on any atom is 0.225 e. The summed E-state index contributed by atoms with van der Waals surface area (Å²) in [5.41, 5.74) is 1.46. The van der Waals surface area contributed by atoms with Crippen molar-refractivity contribution in [3.8, 4) is 0 Å². The van der Waals surface area contributed by atoms with Crippen molar-refractivity contribution < 1.29 is 4.79 Å². The minimum absolute atomic E-state index is 0.305. The summed E-state index contributed by atoms with van der Waals surface area (Å²) < 4.78 is 0. The molecule has 0 radical (unpaired) electrons. The number of amides is 1. The molecule has 4 heteroatoms. The first-order chi connectivity index (χ1) is 13.3. The third kappa shape index (κ3) is 4.91. The van der Waals surface area contributed by atoms with Crippen LogP contribution in [0.5, 0.6) is 0 Å². The highest BCUT2D eigenvalue weighted by Crippen LogP contribution is 2.26. The second kappa shape index (κ2) is 9.20. The zero-order chi connectivity index (χ0) is 18.5. The van der Waals surface area contributed by atoms with E-state index in [4.69, 9.17) is 0 Å². The van der Waals surface area contributed by atoms with Gasteiger partial charge in [-0.15, -0.1) is 0 Å². The van der Waals surface area contributed by atoms with Gasteiger partial charge in [0.15, 0.2) is 0 Å². The first-order valence-electron chi connectivity index (χ1n) is 11.1. The quantitative estimate of drug-likeness (QED) is 0.771. The summed E-state index contributed by atoms with van der Waals surface area (Å²) in [4.78, 5) is 19.8. The van der Waals surface area contributed by atoms with Crippen LogP contribution in [0.3, 0.4) is 0 Å². The predicted octanol–water partition coefficient (Wildman–Crippen LogP) is 3.03. The number of carbonyl (C=O) groups is 1. The lowest BCUT2D eigenvalue weighted by Gasteiger charge is -2.43. The molecule has 4 rings (SSSR count). The second-order valence-corrected chi connectivity index (χ2v) is 8.65. The van der Waals surface area contributed by atoms with Crippen molar-refractivity contribution >= 4 is 5.91 Å². The number of rotatable bonds is 6. The fourth-order valence-electron chi connectivity index (χ4n) is 4.97. The number of hydrogen-bond acceptors (Lipinski definition) is 3. The maximum absolute atomic E-state index is 12.4. The summed E-state index contributed by atoms with van der Waals surface area (Å²) in [6, 6.07) is 11.6. The van der Waals surface area contributed by atoms with E-state index >= 15 is 0 Å². The molecule has 0 atom stereocenters. The van der Waals surface area contributed by atoms with Crippen LogP contribution in [0.25, 0.3) is 0 Å². The van der Waals surface area contributed by atoms with E-state index in [0.717, 1.165) is 45.1 Å². The fraction of sp³-hybridized carbons (Fsp3) is 0.696. The summed E-state index contributed by atoms with van der Waals surface area (Å²) in [7, 11) is 0. The van der Waals surface area contributed by atoms with Crippen LogP contribution in [0.15, 0.2) is 30.3 Å². The van der Waals surface area contributed by atoms with Gasteiger partial charge in [0.1, 0.15) is 0 Å². The number of nitrogens with zero attached hydrogens (tertiary/aromatic N) is 3. The van der Waals surface area contributed by atoms with Crippen LogP contribution >= 0.6 is 0 Å². The van der Waals surface area contributed by atoms with Crippen LogP contribution in [-0.2, 0) is 11.2 Å². The van der Waals surface area contributed by atoms with Crippen LogP contribution in [0.1, 0.15) is 44.1 Å². The average molecular weight is 370 g/mol. The average Bonchev–Trinajstić information content (AvgIpc) is 2.68. The lowest BCUT2D eigenvalue weighted by Crippen LogP contribution is -2.51. The number of piperidine rings is 2. The van der Waals surface area contributed by atoms with Gasteiger partial charge in [-0.1, -0.05) is 30.3 Å². The Kier molecular flexibility index (Phi) is 6.46. The monoisotopic (exact) mass is 369 g/mol. The van der Waals surface area contributed by atoms with Gasteiger partial charge >= 0.3 is 0 Å². The van der Waals surface area contributed by atoms with Crippen LogP contribution in [0.2, 0.25) is 0 Å². The second-order valence-electron chi connectivity index (χ2n) is 8.65. The zero-order valence-electron chi connectivity index (χ0n) is 16.7. The van der Waals surface area contributed by atoms with Gasteiger partial charge in [0.05, 0.1) is 0 Å². The van der Waals surface area contributed by atoms with Crippen molar-refractivity contribution in [2.45, 2.75) is 51.0 Å². The molecule has 27 heavy (non-hydrogen) atoms. The molecule has 4 nitrogen and oxygen atoms in total. The van der Waals surface area contributed by atoms with Gasteiger partial charge in [-0.25, -0.2) is 0 Å². The van der Waals surface area contributed by atoms with Crippen LogP contribution in [0, 0.1) is 5.92 Å². The molecular formula is C23H35N3O. The SMILES string of the molecule is O=C(C1CCN(C2CCN(CCCc3ccccc3)CC2)CC1)N1CCC1. The van der Waals surface area contributed by atoms with Crippen molar-refractivity contribution in [2.24, 2.45) is 5.92 Å². The number of hydrogen-bond donors (Lipinski definition) is 0. The third-order valence-electron chi connectivity index (χ3n) is 6.90. The Balaban J connectivity index is 1.13. The highest BCUT2D eigenvalue weighted by atomic mass is 16.2. The van der Waals surface area contributed by atoms with E-state index in [2.05, 4.69) is 45.0 Å². The molecule has 0 saturated carbocycles. The van der Waals surface area contributed by atoms with E-state index in [0.29, 0.717) is 11.8 Å². The summed E-state index contributed by atoms with van der Waals surface area (Å²) in [5, 5.41) is 0. The molecular weight excluding hydrogens is 334 g/mol. The lowest BCUT2D eigenvalue weighted by atomic mass is 9.91. The van der Waals surface area contributed by atoms with Crippen molar-refractivity contribution in [1.82, 2.24) is 14.7 Å². The third-order valence-corrected chi connectivity index (χ3v) is 6.90. The van der Waals surface area contributed by atoms with E-state index in [9.17, 15) is 4.79 Å². The van der Waals surface area contributed by atoms with Gasteiger partial charge in [-0.2, -0.15) is 0 Å². The van der Waals surface area contributed by atoms with Gasteiger partial charge in [-0.05, 0) is 83.2 Å². The predicted molar refractivity (Wildman–Crippen MR) is 110 cm³/mol. The summed E-state index contributed by atoms with van der Waals surface area (Å²) >= 11 is 0. The summed E-state index contributed by atoms with van der Waals surface area (Å²) in [6.07, 6.45) is 8.41. The molecule has 3 fully saturated rings. The van der Waals surface area contributed by atoms with E-state index in [1.165, 1.54) is 57.3 Å². The van der Waals surface area contributed by atoms with E-state index in [1.54, 1.807) is 0 Å². The smallest absolute Gasteiger partial charge is 0.225 e. The number of aryl methyl sites for hydroxylation is 1. The van der Waals surface area contributed by atoms with Gasteiger partial charge < -0.3 is 14.7 Å².